The zero-order valence-corrected chi connectivity index (χ0v) is 29.7. The molecule has 0 fully saturated rings. The number of rotatable bonds is 4. The Morgan fingerprint density at radius 3 is 1.43 bits per heavy atom. The third-order valence-electron chi connectivity index (χ3n) is 11.7. The molecule has 0 bridgehead atoms. The van der Waals surface area contributed by atoms with Crippen LogP contribution >= 0.6 is 0 Å². The maximum atomic E-state index is 2.46. The molecule has 0 saturated carbocycles. The maximum absolute atomic E-state index is 2.46. The highest BCUT2D eigenvalue weighted by molar-refractivity contribution is 6.13. The second kappa shape index (κ2) is 11.2. The fourth-order valence-corrected chi connectivity index (χ4v) is 9.11. The second-order valence-corrected chi connectivity index (χ2v) is 15.0. The minimum absolute atomic E-state index is 0.0669. The van der Waals surface area contributed by atoms with Gasteiger partial charge in [-0.25, -0.2) is 0 Å². The number of nitrogens with zero attached hydrogens (tertiary/aromatic N) is 2. The molecule has 2 heteroatoms. The van der Waals surface area contributed by atoms with Crippen molar-refractivity contribution in [3.05, 3.63) is 193 Å². The van der Waals surface area contributed by atoms with Gasteiger partial charge >= 0.3 is 0 Å². The quantitative estimate of drug-likeness (QED) is 0.176. The third-order valence-corrected chi connectivity index (χ3v) is 11.7. The Hall–Kier alpha value is -6.64. The van der Waals surface area contributed by atoms with E-state index in [0.717, 1.165) is 11.4 Å². The largest absolute Gasteiger partial charge is 0.309 e. The Morgan fingerprint density at radius 2 is 0.811 bits per heavy atom. The van der Waals surface area contributed by atoms with Crippen molar-refractivity contribution in [2.75, 3.05) is 0 Å². The fraction of sp³-hybridized carbons (Fsp3) is 0.0588. The van der Waals surface area contributed by atoms with E-state index in [4.69, 9.17) is 0 Å². The molecule has 0 saturated heterocycles. The third kappa shape index (κ3) is 4.39. The summed E-state index contributed by atoms with van der Waals surface area (Å²) in [5.41, 5.74) is 17.5. The molecular formula is C51H36N2. The van der Waals surface area contributed by atoms with Gasteiger partial charge in [0.15, 0.2) is 0 Å². The summed E-state index contributed by atoms with van der Waals surface area (Å²) >= 11 is 0. The smallest absolute Gasteiger partial charge is 0.0544 e. The van der Waals surface area contributed by atoms with Crippen LogP contribution in [0.15, 0.2) is 182 Å². The lowest BCUT2D eigenvalue weighted by Gasteiger charge is -2.21. The molecule has 8 aromatic carbocycles. The van der Waals surface area contributed by atoms with Crippen molar-refractivity contribution in [1.82, 2.24) is 9.13 Å². The molecule has 0 spiro atoms. The Balaban J connectivity index is 1.10. The van der Waals surface area contributed by atoms with E-state index >= 15 is 0 Å². The predicted octanol–water partition coefficient (Wildman–Crippen LogP) is 13.5. The Kier molecular flexibility index (Phi) is 6.33. The van der Waals surface area contributed by atoms with Crippen molar-refractivity contribution in [2.45, 2.75) is 19.3 Å². The first kappa shape index (κ1) is 30.0. The summed E-state index contributed by atoms with van der Waals surface area (Å²) in [6.07, 6.45) is 0. The van der Waals surface area contributed by atoms with Crippen LogP contribution < -0.4 is 0 Å². The van der Waals surface area contributed by atoms with Crippen molar-refractivity contribution >= 4 is 43.6 Å². The molecule has 0 unspecified atom stereocenters. The predicted molar refractivity (Wildman–Crippen MR) is 224 cm³/mol. The number of hydrogen-bond donors (Lipinski definition) is 0. The monoisotopic (exact) mass is 676 g/mol. The Morgan fingerprint density at radius 1 is 0.321 bits per heavy atom. The topological polar surface area (TPSA) is 9.86 Å². The number of benzene rings is 8. The normalized spacial score (nSPS) is 13.2. The van der Waals surface area contributed by atoms with Crippen LogP contribution in [0, 0.1) is 0 Å². The summed E-state index contributed by atoms with van der Waals surface area (Å²) in [6, 6.07) is 67.0. The zero-order chi connectivity index (χ0) is 35.3. The minimum Gasteiger partial charge on any atom is -0.309 e. The van der Waals surface area contributed by atoms with Gasteiger partial charge in [0, 0.05) is 38.3 Å². The van der Waals surface area contributed by atoms with Crippen LogP contribution in [0.4, 0.5) is 0 Å². The summed E-state index contributed by atoms with van der Waals surface area (Å²) < 4.78 is 4.88. The highest BCUT2D eigenvalue weighted by Gasteiger charge is 2.36. The van der Waals surface area contributed by atoms with Crippen LogP contribution in [0.25, 0.3) is 88.4 Å². The van der Waals surface area contributed by atoms with E-state index < -0.39 is 0 Å². The van der Waals surface area contributed by atoms with Crippen molar-refractivity contribution in [3.8, 4) is 44.8 Å². The van der Waals surface area contributed by atoms with Crippen LogP contribution in [0.1, 0.15) is 25.0 Å². The van der Waals surface area contributed by atoms with Crippen molar-refractivity contribution in [3.63, 3.8) is 0 Å². The van der Waals surface area contributed by atoms with E-state index in [2.05, 4.69) is 205 Å². The van der Waals surface area contributed by atoms with Crippen LogP contribution in [-0.4, -0.2) is 9.13 Å². The van der Waals surface area contributed by atoms with Crippen LogP contribution in [-0.2, 0) is 5.41 Å². The highest BCUT2D eigenvalue weighted by Crippen LogP contribution is 2.51. The first-order chi connectivity index (χ1) is 26.0. The second-order valence-electron chi connectivity index (χ2n) is 15.0. The number of para-hydroxylation sites is 1. The van der Waals surface area contributed by atoms with E-state index in [1.54, 1.807) is 0 Å². The van der Waals surface area contributed by atoms with Crippen LogP contribution in [0.3, 0.4) is 0 Å². The van der Waals surface area contributed by atoms with Gasteiger partial charge in [-0.2, -0.15) is 0 Å². The van der Waals surface area contributed by atoms with Gasteiger partial charge in [-0.15, -0.1) is 0 Å². The van der Waals surface area contributed by atoms with Crippen LogP contribution in [0.5, 0.6) is 0 Å². The van der Waals surface area contributed by atoms with Gasteiger partial charge in [0.05, 0.1) is 22.1 Å². The average Bonchev–Trinajstić information content (AvgIpc) is 3.80. The fourth-order valence-electron chi connectivity index (χ4n) is 9.11. The van der Waals surface area contributed by atoms with Crippen molar-refractivity contribution < 1.29 is 0 Å². The molecule has 11 rings (SSSR count). The standard InChI is InChI=1S/C51H36N2/c1-51(2)45-19-11-9-17-39(45)41-31-44-40-18-10-12-20-47(40)53(50(44)32-46(41)51)38-25-23-37(24-26-38)52-48-27-21-35(33-13-5-3-6-14-33)29-42(48)43-30-36(22-28-49(43)52)34-15-7-4-8-16-34/h3-32H,1-2H3. The summed E-state index contributed by atoms with van der Waals surface area (Å²) in [6.45, 7) is 4.73. The van der Waals surface area contributed by atoms with E-state index in [1.165, 1.54) is 88.1 Å². The molecule has 10 aromatic rings. The van der Waals surface area contributed by atoms with Crippen LogP contribution in [0.2, 0.25) is 0 Å². The Labute approximate surface area is 308 Å². The molecule has 0 atom stereocenters. The van der Waals surface area contributed by atoms with E-state index in [0.29, 0.717) is 0 Å². The lowest BCUT2D eigenvalue weighted by Crippen LogP contribution is -2.14. The molecule has 0 aliphatic heterocycles. The van der Waals surface area contributed by atoms with E-state index in [9.17, 15) is 0 Å². The molecule has 0 N–H and O–H groups in total. The SMILES string of the molecule is CC1(C)c2ccccc2-c2cc3c4ccccc4n(-c4ccc(-n5c6ccc(-c7ccccc7)cc6c6cc(-c7ccccc7)ccc65)cc4)c3cc21. The van der Waals surface area contributed by atoms with E-state index in [1.807, 2.05) is 0 Å². The lowest BCUT2D eigenvalue weighted by molar-refractivity contribution is 0.661. The molecule has 1 aliphatic carbocycles. The molecule has 1 aliphatic rings. The van der Waals surface area contributed by atoms with Gasteiger partial charge < -0.3 is 9.13 Å². The lowest BCUT2D eigenvalue weighted by atomic mass is 9.82. The summed E-state index contributed by atoms with van der Waals surface area (Å²) in [4.78, 5) is 0. The first-order valence-electron chi connectivity index (χ1n) is 18.5. The summed E-state index contributed by atoms with van der Waals surface area (Å²) in [7, 11) is 0. The van der Waals surface area contributed by atoms with Gasteiger partial charge in [-0.1, -0.05) is 129 Å². The van der Waals surface area contributed by atoms with Crippen molar-refractivity contribution in [1.29, 1.82) is 0 Å². The summed E-state index contributed by atoms with van der Waals surface area (Å²) in [5, 5.41) is 5.08. The van der Waals surface area contributed by atoms with Gasteiger partial charge in [-0.05, 0) is 111 Å². The molecule has 2 heterocycles. The van der Waals surface area contributed by atoms with E-state index in [-0.39, 0.29) is 5.41 Å². The first-order valence-corrected chi connectivity index (χ1v) is 18.5. The van der Waals surface area contributed by atoms with Crippen molar-refractivity contribution in [2.24, 2.45) is 0 Å². The molecule has 2 aromatic heterocycles. The Bertz CT molecular complexity index is 2950. The van der Waals surface area contributed by atoms with Gasteiger partial charge in [0.2, 0.25) is 0 Å². The molecular weight excluding hydrogens is 641 g/mol. The number of fused-ring (bicyclic) bond motifs is 9. The van der Waals surface area contributed by atoms with Gasteiger partial charge in [0.1, 0.15) is 0 Å². The molecule has 0 radical (unpaired) electrons. The molecule has 2 nitrogen and oxygen atoms in total. The summed E-state index contributed by atoms with van der Waals surface area (Å²) in [5.74, 6) is 0. The van der Waals surface area contributed by atoms with Gasteiger partial charge in [0.25, 0.3) is 0 Å². The minimum atomic E-state index is -0.0669. The highest BCUT2D eigenvalue weighted by atomic mass is 15.0. The molecule has 53 heavy (non-hydrogen) atoms. The number of aromatic nitrogens is 2. The number of hydrogen-bond acceptors (Lipinski definition) is 0. The molecule has 250 valence electrons. The maximum Gasteiger partial charge on any atom is 0.0544 e. The molecule has 0 amide bonds. The zero-order valence-electron chi connectivity index (χ0n) is 29.7. The van der Waals surface area contributed by atoms with Gasteiger partial charge in [-0.3, -0.25) is 0 Å². The average molecular weight is 677 g/mol.